The molecule has 1 aromatic carbocycles. The van der Waals surface area contributed by atoms with E-state index in [0.29, 0.717) is 11.3 Å². The van der Waals surface area contributed by atoms with Crippen molar-refractivity contribution in [2.75, 3.05) is 0 Å². The monoisotopic (exact) mass is 454 g/mol. The zero-order valence-corrected chi connectivity index (χ0v) is 17.9. The van der Waals surface area contributed by atoms with Crippen LogP contribution in [0.4, 0.5) is 0 Å². The molecule has 5 nitrogen and oxygen atoms in total. The second-order valence-electron chi connectivity index (χ2n) is 7.72. The van der Waals surface area contributed by atoms with Crippen molar-refractivity contribution < 1.29 is 14.7 Å². The summed E-state index contributed by atoms with van der Waals surface area (Å²) < 4.78 is 0.915. The summed E-state index contributed by atoms with van der Waals surface area (Å²) in [6.07, 6.45) is 6.61. The molecule has 1 amide bonds. The molecule has 4 rings (SSSR count). The lowest BCUT2D eigenvalue weighted by atomic mass is 9.92. The molecule has 2 heterocycles. The molecule has 2 fully saturated rings. The molecule has 29 heavy (non-hydrogen) atoms. The molecule has 0 radical (unpaired) electrons. The Morgan fingerprint density at radius 1 is 1.14 bits per heavy atom. The van der Waals surface area contributed by atoms with Crippen LogP contribution < -0.4 is 0 Å². The molecule has 1 atom stereocenters. The number of aryl methyl sites for hydroxylation is 1. The summed E-state index contributed by atoms with van der Waals surface area (Å²) in [5, 5.41) is 11.1. The summed E-state index contributed by atoms with van der Waals surface area (Å²) in [5.41, 5.74) is 2.19. The molecule has 6 heteroatoms. The average Bonchev–Trinajstić information content (AvgIpc) is 3.01. The zero-order chi connectivity index (χ0) is 20.5. The van der Waals surface area contributed by atoms with Crippen LogP contribution in [0, 0.1) is 6.92 Å². The maximum atomic E-state index is 13.1. The summed E-state index contributed by atoms with van der Waals surface area (Å²) in [7, 11) is 0. The van der Waals surface area contributed by atoms with Crippen molar-refractivity contribution in [3.05, 3.63) is 69.5 Å². The van der Waals surface area contributed by atoms with Crippen LogP contribution in [0.3, 0.4) is 0 Å². The number of pyridine rings is 1. The van der Waals surface area contributed by atoms with E-state index in [9.17, 15) is 14.7 Å². The van der Waals surface area contributed by atoms with Crippen LogP contribution in [-0.4, -0.2) is 32.7 Å². The molecule has 1 aromatic heterocycles. The maximum Gasteiger partial charge on any atom is 0.295 e. The lowest BCUT2D eigenvalue weighted by molar-refractivity contribution is -0.141. The van der Waals surface area contributed by atoms with Gasteiger partial charge in [-0.15, -0.1) is 0 Å². The third kappa shape index (κ3) is 3.62. The van der Waals surface area contributed by atoms with E-state index in [-0.39, 0.29) is 17.4 Å². The normalized spacial score (nSPS) is 22.3. The van der Waals surface area contributed by atoms with Gasteiger partial charge in [0.05, 0.1) is 11.3 Å². The number of halogens is 1. The van der Waals surface area contributed by atoms with E-state index in [2.05, 4.69) is 20.9 Å². The second-order valence-corrected chi connectivity index (χ2v) is 8.57. The lowest BCUT2D eigenvalue weighted by Crippen LogP contribution is -2.40. The molecular weight excluding hydrogens is 432 g/mol. The van der Waals surface area contributed by atoms with Gasteiger partial charge in [0.25, 0.3) is 11.7 Å². The number of carbonyl (C=O) groups is 2. The summed E-state index contributed by atoms with van der Waals surface area (Å²) in [6, 6.07) is 10.2. The number of aliphatic hydroxyl groups excluding tert-OH is 1. The number of aromatic nitrogens is 1. The fourth-order valence-corrected chi connectivity index (χ4v) is 4.61. The quantitative estimate of drug-likeness (QED) is 0.406. The lowest BCUT2D eigenvalue weighted by Gasteiger charge is -2.35. The van der Waals surface area contributed by atoms with Gasteiger partial charge in [-0.1, -0.05) is 47.3 Å². The van der Waals surface area contributed by atoms with Crippen LogP contribution in [0.2, 0.25) is 0 Å². The van der Waals surface area contributed by atoms with Gasteiger partial charge in [-0.3, -0.25) is 14.6 Å². The van der Waals surface area contributed by atoms with Crippen molar-refractivity contribution >= 4 is 33.4 Å². The van der Waals surface area contributed by atoms with Gasteiger partial charge >= 0.3 is 0 Å². The van der Waals surface area contributed by atoms with E-state index in [1.54, 1.807) is 23.2 Å². The van der Waals surface area contributed by atoms with Gasteiger partial charge in [-0.2, -0.15) is 0 Å². The predicted octanol–water partition coefficient (Wildman–Crippen LogP) is 4.91. The summed E-state index contributed by atoms with van der Waals surface area (Å²) in [5.74, 6) is -1.32. The molecule has 1 unspecified atom stereocenters. The summed E-state index contributed by atoms with van der Waals surface area (Å²) >= 11 is 3.46. The molecule has 1 saturated carbocycles. The van der Waals surface area contributed by atoms with Crippen molar-refractivity contribution in [1.29, 1.82) is 0 Å². The maximum absolute atomic E-state index is 13.1. The predicted molar refractivity (Wildman–Crippen MR) is 114 cm³/mol. The van der Waals surface area contributed by atoms with E-state index < -0.39 is 17.7 Å². The van der Waals surface area contributed by atoms with Crippen molar-refractivity contribution in [3.8, 4) is 0 Å². The number of aliphatic hydroxyl groups is 1. The number of likely N-dealkylation sites (tertiary alicyclic amines) is 1. The molecular formula is C23H23BrN2O3. The van der Waals surface area contributed by atoms with Crippen molar-refractivity contribution in [1.82, 2.24) is 9.88 Å². The number of nitrogens with zero attached hydrogens (tertiary/aromatic N) is 2. The number of ketones is 1. The standard InChI is InChI=1S/C23H23BrN2O3/c1-14-13-15(10-11-17(14)24)21(27)19-20(18-9-5-6-12-25-18)26(23(29)22(19)28)16-7-3-2-4-8-16/h5-6,9-13,16,20,27H,2-4,7-8H2,1H3/b21-19-. The van der Waals surface area contributed by atoms with Crippen molar-refractivity contribution in [3.63, 3.8) is 0 Å². The number of hydrogen-bond acceptors (Lipinski definition) is 4. The molecule has 2 aliphatic rings. The Hall–Kier alpha value is -2.47. The highest BCUT2D eigenvalue weighted by molar-refractivity contribution is 9.10. The third-order valence-corrected chi connectivity index (χ3v) is 6.74. The van der Waals surface area contributed by atoms with Gasteiger partial charge in [0.1, 0.15) is 11.8 Å². The highest BCUT2D eigenvalue weighted by Crippen LogP contribution is 2.42. The van der Waals surface area contributed by atoms with Crippen LogP contribution in [-0.2, 0) is 9.59 Å². The van der Waals surface area contributed by atoms with Gasteiger partial charge in [0.2, 0.25) is 0 Å². The summed E-state index contributed by atoms with van der Waals surface area (Å²) in [6.45, 7) is 1.91. The smallest absolute Gasteiger partial charge is 0.295 e. The number of rotatable bonds is 3. The van der Waals surface area contributed by atoms with Gasteiger partial charge in [-0.05, 0) is 49.6 Å². The number of Topliss-reactive ketones (excluding diaryl/α,β-unsaturated/α-hetero) is 1. The van der Waals surface area contributed by atoms with Gasteiger partial charge in [-0.25, -0.2) is 0 Å². The van der Waals surface area contributed by atoms with Crippen molar-refractivity contribution in [2.45, 2.75) is 51.1 Å². The molecule has 1 saturated heterocycles. The Bertz CT molecular complexity index is 981. The molecule has 150 valence electrons. The summed E-state index contributed by atoms with van der Waals surface area (Å²) in [4.78, 5) is 32.2. The highest BCUT2D eigenvalue weighted by Gasteiger charge is 2.49. The average molecular weight is 455 g/mol. The zero-order valence-electron chi connectivity index (χ0n) is 16.3. The topological polar surface area (TPSA) is 70.5 Å². The minimum absolute atomic E-state index is 0.0100. The Balaban J connectivity index is 1.87. The third-order valence-electron chi connectivity index (χ3n) is 5.85. The number of benzene rings is 1. The van der Waals surface area contributed by atoms with Crippen LogP contribution >= 0.6 is 15.9 Å². The first kappa shape index (κ1) is 19.8. The van der Waals surface area contributed by atoms with E-state index in [1.165, 1.54) is 0 Å². The SMILES string of the molecule is Cc1cc(/C(O)=C2/C(=O)C(=O)N(C3CCCCC3)C2c2ccccn2)ccc1Br. The molecule has 1 N–H and O–H groups in total. The van der Waals surface area contributed by atoms with E-state index in [4.69, 9.17) is 0 Å². The molecule has 0 bridgehead atoms. The Kier molecular flexibility index (Phi) is 5.54. The Morgan fingerprint density at radius 2 is 1.90 bits per heavy atom. The van der Waals surface area contributed by atoms with Crippen molar-refractivity contribution in [2.24, 2.45) is 0 Å². The number of hydrogen-bond donors (Lipinski definition) is 1. The molecule has 0 spiro atoms. The van der Waals surface area contributed by atoms with Crippen LogP contribution in [0.25, 0.3) is 5.76 Å². The molecule has 1 aliphatic heterocycles. The Morgan fingerprint density at radius 3 is 2.55 bits per heavy atom. The first-order valence-electron chi connectivity index (χ1n) is 9.96. The Labute approximate surface area is 178 Å². The van der Waals surface area contributed by atoms with Gasteiger partial charge in [0.15, 0.2) is 0 Å². The van der Waals surface area contributed by atoms with Crippen LogP contribution in [0.1, 0.15) is 55.0 Å². The van der Waals surface area contributed by atoms with Gasteiger partial charge in [0, 0.05) is 22.3 Å². The molecule has 2 aromatic rings. The van der Waals surface area contributed by atoms with E-state index in [1.807, 2.05) is 31.2 Å². The van der Waals surface area contributed by atoms with Crippen LogP contribution in [0.5, 0.6) is 0 Å². The second kappa shape index (κ2) is 8.11. The fraction of sp³-hybridized carbons (Fsp3) is 0.348. The van der Waals surface area contributed by atoms with E-state index >= 15 is 0 Å². The largest absolute Gasteiger partial charge is 0.507 e. The fourth-order valence-electron chi connectivity index (χ4n) is 4.36. The first-order valence-corrected chi connectivity index (χ1v) is 10.8. The van der Waals surface area contributed by atoms with Gasteiger partial charge < -0.3 is 10.0 Å². The van der Waals surface area contributed by atoms with E-state index in [0.717, 1.165) is 42.1 Å². The van der Waals surface area contributed by atoms with Crippen LogP contribution in [0.15, 0.2) is 52.6 Å². The minimum Gasteiger partial charge on any atom is -0.507 e. The molecule has 1 aliphatic carbocycles. The highest BCUT2D eigenvalue weighted by atomic mass is 79.9. The first-order chi connectivity index (χ1) is 14.0. The number of amides is 1. The number of carbonyl (C=O) groups excluding carboxylic acids is 2. The minimum atomic E-state index is -0.664.